The lowest BCUT2D eigenvalue weighted by molar-refractivity contribution is -0.123. The Bertz CT molecular complexity index is 692. The summed E-state index contributed by atoms with van der Waals surface area (Å²) >= 11 is 0. The zero-order valence-electron chi connectivity index (χ0n) is 16.2. The quantitative estimate of drug-likeness (QED) is 0.405. The molecule has 1 aliphatic heterocycles. The Morgan fingerprint density at radius 3 is 2.81 bits per heavy atom. The molecule has 4 N–H and O–H groups in total. The molecule has 2 aliphatic rings. The molecule has 1 amide bonds. The average Bonchev–Trinajstić information content (AvgIpc) is 3.19. The monoisotopic (exact) mass is 369 g/mol. The number of primary amides is 1. The van der Waals surface area contributed by atoms with Crippen LogP contribution in [0.5, 0.6) is 0 Å². The van der Waals surface area contributed by atoms with Gasteiger partial charge >= 0.3 is 0 Å². The second-order valence-corrected chi connectivity index (χ2v) is 7.51. The number of carbonyl (C=O) groups is 1. The minimum atomic E-state index is -0.172. The molecule has 1 unspecified atom stereocenters. The van der Waals surface area contributed by atoms with Crippen LogP contribution in [-0.2, 0) is 17.9 Å². The van der Waals surface area contributed by atoms with Crippen LogP contribution in [0.3, 0.4) is 0 Å². The Balaban J connectivity index is 1.51. The number of aliphatic imine (C=N–C) groups is 1. The van der Waals surface area contributed by atoms with Crippen LogP contribution in [0, 0.1) is 5.92 Å². The molecule has 0 bridgehead atoms. The van der Waals surface area contributed by atoms with Crippen molar-refractivity contribution in [3.8, 4) is 0 Å². The molecule has 3 rings (SSSR count). The molecule has 1 atom stereocenters. The number of nitrogens with two attached hydrogens (primary N) is 1. The van der Waals surface area contributed by atoms with Crippen LogP contribution in [0.4, 0.5) is 0 Å². The van der Waals surface area contributed by atoms with Crippen molar-refractivity contribution in [2.45, 2.75) is 44.8 Å². The number of nitrogens with one attached hydrogen (secondary N) is 2. The zero-order valence-corrected chi connectivity index (χ0v) is 16.2. The second kappa shape index (κ2) is 9.55. The van der Waals surface area contributed by atoms with Crippen molar-refractivity contribution >= 4 is 11.9 Å². The summed E-state index contributed by atoms with van der Waals surface area (Å²) in [5.41, 5.74) is 7.98. The fourth-order valence-corrected chi connectivity index (χ4v) is 3.84. The van der Waals surface area contributed by atoms with Gasteiger partial charge in [0.1, 0.15) is 0 Å². The van der Waals surface area contributed by atoms with E-state index in [9.17, 15) is 4.79 Å². The van der Waals surface area contributed by atoms with Crippen molar-refractivity contribution in [1.29, 1.82) is 0 Å². The van der Waals surface area contributed by atoms with Gasteiger partial charge in [-0.1, -0.05) is 36.4 Å². The van der Waals surface area contributed by atoms with Gasteiger partial charge in [-0.2, -0.15) is 0 Å². The fraction of sp³-hybridized carbons (Fsp3) is 0.524. The Hall–Kier alpha value is -2.34. The van der Waals surface area contributed by atoms with E-state index >= 15 is 0 Å². The highest BCUT2D eigenvalue weighted by Gasteiger charge is 2.23. The predicted octanol–water partition coefficient (Wildman–Crippen LogP) is 1.77. The van der Waals surface area contributed by atoms with Gasteiger partial charge in [0, 0.05) is 32.7 Å². The maximum absolute atomic E-state index is 11.5. The molecule has 1 aromatic rings. The van der Waals surface area contributed by atoms with E-state index in [-0.39, 0.29) is 11.8 Å². The molecule has 0 spiro atoms. The third kappa shape index (κ3) is 5.82. The number of carbonyl (C=O) groups excluding carboxylic acids is 1. The molecule has 0 radical (unpaired) electrons. The number of piperidine rings is 1. The molecule has 1 fully saturated rings. The third-order valence-electron chi connectivity index (χ3n) is 5.34. The zero-order chi connectivity index (χ0) is 19.1. The summed E-state index contributed by atoms with van der Waals surface area (Å²) in [4.78, 5) is 18.1. The van der Waals surface area contributed by atoms with Gasteiger partial charge in [0.05, 0.1) is 5.92 Å². The number of nitrogens with zero attached hydrogens (tertiary/aromatic N) is 2. The van der Waals surface area contributed by atoms with Crippen LogP contribution >= 0.6 is 0 Å². The maximum Gasteiger partial charge on any atom is 0.221 e. The second-order valence-electron chi connectivity index (χ2n) is 7.51. The predicted molar refractivity (Wildman–Crippen MR) is 109 cm³/mol. The van der Waals surface area contributed by atoms with Crippen molar-refractivity contribution in [3.63, 3.8) is 0 Å². The molecule has 146 valence electrons. The molecular weight excluding hydrogens is 338 g/mol. The van der Waals surface area contributed by atoms with Gasteiger partial charge < -0.3 is 16.4 Å². The number of rotatable bonds is 6. The number of hydrogen-bond acceptors (Lipinski definition) is 3. The summed E-state index contributed by atoms with van der Waals surface area (Å²) < 4.78 is 0. The summed E-state index contributed by atoms with van der Waals surface area (Å²) in [5.74, 6) is 0.659. The van der Waals surface area contributed by atoms with Crippen LogP contribution in [-0.4, -0.2) is 42.9 Å². The Labute approximate surface area is 161 Å². The first-order valence-corrected chi connectivity index (χ1v) is 9.85. The summed E-state index contributed by atoms with van der Waals surface area (Å²) in [6.07, 6.45) is 8.47. The molecule has 1 saturated heterocycles. The van der Waals surface area contributed by atoms with Gasteiger partial charge in [0.15, 0.2) is 5.96 Å². The first kappa shape index (κ1) is 19.4. The van der Waals surface area contributed by atoms with Gasteiger partial charge in [-0.15, -0.1) is 0 Å². The lowest BCUT2D eigenvalue weighted by Crippen LogP contribution is -2.42. The number of likely N-dealkylation sites (tertiary alicyclic amines) is 1. The van der Waals surface area contributed by atoms with Crippen LogP contribution in [0.25, 0.3) is 0 Å². The molecule has 1 heterocycles. The van der Waals surface area contributed by atoms with Gasteiger partial charge in [-0.3, -0.25) is 14.7 Å². The van der Waals surface area contributed by atoms with E-state index in [1.54, 1.807) is 7.05 Å². The summed E-state index contributed by atoms with van der Waals surface area (Å²) in [5, 5.41) is 6.86. The SMILES string of the molecule is CN=C(NCc1cccc(CN2CCCC(C(N)=O)C2)c1)NC1CC=CC1. The smallest absolute Gasteiger partial charge is 0.221 e. The van der Waals surface area contributed by atoms with Crippen molar-refractivity contribution in [2.75, 3.05) is 20.1 Å². The highest BCUT2D eigenvalue weighted by molar-refractivity contribution is 5.80. The Morgan fingerprint density at radius 2 is 2.07 bits per heavy atom. The minimum Gasteiger partial charge on any atom is -0.369 e. The van der Waals surface area contributed by atoms with Crippen LogP contribution in [0.1, 0.15) is 36.8 Å². The topological polar surface area (TPSA) is 82.8 Å². The number of hydrogen-bond donors (Lipinski definition) is 3. The Kier molecular flexibility index (Phi) is 6.87. The van der Waals surface area contributed by atoms with E-state index in [2.05, 4.69) is 56.9 Å². The van der Waals surface area contributed by atoms with Gasteiger partial charge in [0.2, 0.25) is 5.91 Å². The summed E-state index contributed by atoms with van der Waals surface area (Å²) in [7, 11) is 1.81. The molecule has 0 saturated carbocycles. The standard InChI is InChI=1S/C21H31N5O/c1-23-21(25-19-9-2-3-10-19)24-13-16-6-4-7-17(12-16)14-26-11-5-8-18(15-26)20(22)27/h2-4,6-7,12,18-19H,5,8-11,13-15H2,1H3,(H2,22,27)(H2,23,24,25). The van der Waals surface area contributed by atoms with Crippen LogP contribution in [0.15, 0.2) is 41.4 Å². The first-order chi connectivity index (χ1) is 13.1. The third-order valence-corrected chi connectivity index (χ3v) is 5.34. The minimum absolute atomic E-state index is 0.0110. The van der Waals surface area contributed by atoms with Crippen molar-refractivity contribution in [2.24, 2.45) is 16.6 Å². The van der Waals surface area contributed by atoms with E-state index in [1.165, 1.54) is 11.1 Å². The molecular formula is C21H31N5O. The van der Waals surface area contributed by atoms with E-state index in [0.717, 1.165) is 57.8 Å². The fourth-order valence-electron chi connectivity index (χ4n) is 3.84. The van der Waals surface area contributed by atoms with Crippen molar-refractivity contribution < 1.29 is 4.79 Å². The molecule has 1 aliphatic carbocycles. The van der Waals surface area contributed by atoms with E-state index in [0.29, 0.717) is 6.04 Å². The van der Waals surface area contributed by atoms with Crippen molar-refractivity contribution in [1.82, 2.24) is 15.5 Å². The van der Waals surface area contributed by atoms with Gasteiger partial charge in [-0.25, -0.2) is 0 Å². The average molecular weight is 370 g/mol. The molecule has 6 nitrogen and oxygen atoms in total. The number of benzene rings is 1. The van der Waals surface area contributed by atoms with Crippen molar-refractivity contribution in [3.05, 3.63) is 47.5 Å². The molecule has 27 heavy (non-hydrogen) atoms. The summed E-state index contributed by atoms with van der Waals surface area (Å²) in [6, 6.07) is 9.04. The Morgan fingerprint density at radius 1 is 1.30 bits per heavy atom. The highest BCUT2D eigenvalue weighted by atomic mass is 16.1. The van der Waals surface area contributed by atoms with Gasteiger partial charge in [-0.05, 0) is 43.4 Å². The molecule has 1 aromatic carbocycles. The number of amides is 1. The lowest BCUT2D eigenvalue weighted by Gasteiger charge is -2.31. The van der Waals surface area contributed by atoms with Crippen LogP contribution < -0.4 is 16.4 Å². The van der Waals surface area contributed by atoms with E-state index in [4.69, 9.17) is 5.73 Å². The highest BCUT2D eigenvalue weighted by Crippen LogP contribution is 2.18. The molecule has 0 aromatic heterocycles. The molecule has 6 heteroatoms. The lowest BCUT2D eigenvalue weighted by atomic mass is 9.97. The van der Waals surface area contributed by atoms with E-state index < -0.39 is 0 Å². The van der Waals surface area contributed by atoms with Gasteiger partial charge in [0.25, 0.3) is 0 Å². The maximum atomic E-state index is 11.5. The van der Waals surface area contributed by atoms with Crippen LogP contribution in [0.2, 0.25) is 0 Å². The number of guanidine groups is 1. The largest absolute Gasteiger partial charge is 0.369 e. The van der Waals surface area contributed by atoms with E-state index in [1.807, 2.05) is 0 Å². The normalized spacial score (nSPS) is 21.4. The first-order valence-electron chi connectivity index (χ1n) is 9.85. The summed E-state index contributed by atoms with van der Waals surface area (Å²) in [6.45, 7) is 3.39.